The van der Waals surface area contributed by atoms with Gasteiger partial charge in [-0.25, -0.2) is 32.8 Å². The van der Waals surface area contributed by atoms with Crippen LogP contribution in [0.5, 0.6) is 0 Å². The standard InChI is InChI=1S/C17H18Cl2N8O4S/c1-8-11(25-32(4,29)30)5-6-12(21-8)13-15(27(3)26-24-13)23-17(28)31-9(2)10-7-20-16(19)22-14(10)18/h5-7,9,25H,1-4H3,(H,23,28). The third-order valence-electron chi connectivity index (χ3n) is 4.13. The van der Waals surface area contributed by atoms with Crippen molar-refractivity contribution in [3.63, 3.8) is 0 Å². The number of nitrogens with one attached hydrogen (secondary N) is 2. The molecule has 0 aromatic carbocycles. The molecule has 2 N–H and O–H groups in total. The number of carbonyl (C=O) groups is 1. The molecule has 0 aliphatic rings. The van der Waals surface area contributed by atoms with Gasteiger partial charge in [0.25, 0.3) is 0 Å². The lowest BCUT2D eigenvalue weighted by Gasteiger charge is -2.15. The molecule has 170 valence electrons. The van der Waals surface area contributed by atoms with Crippen molar-refractivity contribution in [3.8, 4) is 11.4 Å². The average molecular weight is 501 g/mol. The summed E-state index contributed by atoms with van der Waals surface area (Å²) in [6, 6.07) is 3.09. The van der Waals surface area contributed by atoms with Crippen LogP contribution < -0.4 is 10.0 Å². The van der Waals surface area contributed by atoms with Gasteiger partial charge >= 0.3 is 6.09 Å². The van der Waals surface area contributed by atoms with E-state index >= 15 is 0 Å². The Kier molecular flexibility index (Phi) is 6.81. The maximum atomic E-state index is 12.5. The molecule has 1 atom stereocenters. The van der Waals surface area contributed by atoms with Gasteiger partial charge in [-0.15, -0.1) is 5.10 Å². The lowest BCUT2D eigenvalue weighted by atomic mass is 10.2. The summed E-state index contributed by atoms with van der Waals surface area (Å²) in [6.07, 6.45) is 0.834. The van der Waals surface area contributed by atoms with Crippen molar-refractivity contribution in [2.75, 3.05) is 16.3 Å². The van der Waals surface area contributed by atoms with Crippen molar-refractivity contribution >= 4 is 50.8 Å². The molecule has 0 saturated carbocycles. The third-order valence-corrected chi connectivity index (χ3v) is 5.21. The van der Waals surface area contributed by atoms with Crippen molar-refractivity contribution < 1.29 is 17.9 Å². The number of rotatable bonds is 6. The van der Waals surface area contributed by atoms with Crippen LogP contribution in [-0.4, -0.2) is 50.7 Å². The van der Waals surface area contributed by atoms with Crippen molar-refractivity contribution in [2.45, 2.75) is 20.0 Å². The van der Waals surface area contributed by atoms with Crippen LogP contribution in [-0.2, 0) is 21.8 Å². The van der Waals surface area contributed by atoms with Gasteiger partial charge < -0.3 is 4.74 Å². The first-order valence-corrected chi connectivity index (χ1v) is 11.6. The quantitative estimate of drug-likeness (QED) is 0.383. The number of ether oxygens (including phenoxy) is 1. The monoisotopic (exact) mass is 500 g/mol. The molecule has 0 radical (unpaired) electrons. The van der Waals surface area contributed by atoms with Crippen LogP contribution in [0.25, 0.3) is 11.4 Å². The highest BCUT2D eigenvalue weighted by molar-refractivity contribution is 7.92. The Hall–Kier alpha value is -3.03. The number of hydrogen-bond acceptors (Lipinski definition) is 9. The van der Waals surface area contributed by atoms with Gasteiger partial charge in [-0.05, 0) is 37.6 Å². The Morgan fingerprint density at radius 2 is 1.97 bits per heavy atom. The second-order valence-electron chi connectivity index (χ2n) is 6.67. The summed E-state index contributed by atoms with van der Waals surface area (Å²) in [5.74, 6) is 0.219. The van der Waals surface area contributed by atoms with E-state index in [1.165, 1.54) is 10.9 Å². The zero-order chi connectivity index (χ0) is 23.6. The van der Waals surface area contributed by atoms with Crippen molar-refractivity contribution in [2.24, 2.45) is 7.05 Å². The van der Waals surface area contributed by atoms with Gasteiger partial charge in [0.15, 0.2) is 11.5 Å². The van der Waals surface area contributed by atoms with Crippen LogP contribution in [0.15, 0.2) is 18.3 Å². The lowest BCUT2D eigenvalue weighted by Crippen LogP contribution is -2.19. The summed E-state index contributed by atoms with van der Waals surface area (Å²) >= 11 is 11.7. The molecule has 0 saturated heterocycles. The van der Waals surface area contributed by atoms with E-state index in [4.69, 9.17) is 27.9 Å². The number of pyridine rings is 1. The number of aromatic nitrogens is 6. The maximum Gasteiger partial charge on any atom is 0.413 e. The molecule has 12 nitrogen and oxygen atoms in total. The second kappa shape index (κ2) is 9.22. The summed E-state index contributed by atoms with van der Waals surface area (Å²) in [4.78, 5) is 24.5. The molecular formula is C17H18Cl2N8O4S. The summed E-state index contributed by atoms with van der Waals surface area (Å²) in [7, 11) is -1.88. The molecule has 15 heteroatoms. The lowest BCUT2D eigenvalue weighted by molar-refractivity contribution is 0.120. The van der Waals surface area contributed by atoms with Crippen LogP contribution >= 0.6 is 23.2 Å². The van der Waals surface area contributed by atoms with E-state index in [1.807, 2.05) is 0 Å². The molecule has 0 fully saturated rings. The first-order chi connectivity index (χ1) is 14.9. The Morgan fingerprint density at radius 1 is 1.25 bits per heavy atom. The van der Waals surface area contributed by atoms with E-state index in [-0.39, 0.29) is 21.9 Å². The summed E-state index contributed by atoms with van der Waals surface area (Å²) in [5, 5.41) is 10.6. The molecule has 0 bridgehead atoms. The summed E-state index contributed by atoms with van der Waals surface area (Å²) in [5.41, 5.74) is 1.75. The van der Waals surface area contributed by atoms with Crippen molar-refractivity contribution in [1.29, 1.82) is 0 Å². The first-order valence-electron chi connectivity index (χ1n) is 8.95. The van der Waals surface area contributed by atoms with E-state index in [2.05, 4.69) is 35.3 Å². The first kappa shape index (κ1) is 23.6. The number of amides is 1. The van der Waals surface area contributed by atoms with Gasteiger partial charge in [0, 0.05) is 18.8 Å². The number of nitrogens with zero attached hydrogens (tertiary/aromatic N) is 6. The summed E-state index contributed by atoms with van der Waals surface area (Å²) in [6.45, 7) is 3.23. The summed E-state index contributed by atoms with van der Waals surface area (Å²) < 4.78 is 32.0. The zero-order valence-electron chi connectivity index (χ0n) is 17.3. The number of carbonyl (C=O) groups excluding carboxylic acids is 1. The van der Waals surface area contributed by atoms with E-state index < -0.39 is 22.2 Å². The zero-order valence-corrected chi connectivity index (χ0v) is 19.6. The molecule has 1 unspecified atom stereocenters. The van der Waals surface area contributed by atoms with E-state index in [9.17, 15) is 13.2 Å². The van der Waals surface area contributed by atoms with E-state index in [0.29, 0.717) is 22.6 Å². The van der Waals surface area contributed by atoms with Gasteiger partial charge in [-0.3, -0.25) is 10.0 Å². The maximum absolute atomic E-state index is 12.5. The average Bonchev–Trinajstić information content (AvgIpc) is 3.02. The predicted octanol–water partition coefficient (Wildman–Crippen LogP) is 2.96. The highest BCUT2D eigenvalue weighted by Crippen LogP contribution is 2.28. The number of aryl methyl sites for hydroxylation is 2. The van der Waals surface area contributed by atoms with Gasteiger partial charge in [0.05, 0.1) is 23.3 Å². The third kappa shape index (κ3) is 5.60. The fraction of sp³-hybridized carbons (Fsp3) is 0.294. The molecule has 3 aromatic heterocycles. The van der Waals surface area contributed by atoms with Crippen LogP contribution in [0.1, 0.15) is 24.3 Å². The van der Waals surface area contributed by atoms with Crippen LogP contribution in [0.4, 0.5) is 16.3 Å². The molecule has 3 aromatic rings. The Bertz CT molecular complexity index is 1280. The molecule has 0 aliphatic heterocycles. The minimum absolute atomic E-state index is 0.0263. The van der Waals surface area contributed by atoms with E-state index in [1.54, 1.807) is 33.0 Å². The van der Waals surface area contributed by atoms with Crippen molar-refractivity contribution in [1.82, 2.24) is 29.9 Å². The van der Waals surface area contributed by atoms with Crippen LogP contribution in [0.2, 0.25) is 10.4 Å². The van der Waals surface area contributed by atoms with E-state index in [0.717, 1.165) is 6.26 Å². The molecular weight excluding hydrogens is 483 g/mol. The van der Waals surface area contributed by atoms with Crippen LogP contribution in [0.3, 0.4) is 0 Å². The minimum atomic E-state index is -3.46. The number of halogens is 2. The Balaban J connectivity index is 1.80. The fourth-order valence-corrected chi connectivity index (χ4v) is 3.72. The molecule has 0 spiro atoms. The highest BCUT2D eigenvalue weighted by Gasteiger charge is 2.21. The number of sulfonamides is 1. The fourth-order valence-electron chi connectivity index (χ4n) is 2.64. The molecule has 32 heavy (non-hydrogen) atoms. The molecule has 3 rings (SSSR count). The Labute approximate surface area is 193 Å². The smallest absolute Gasteiger partial charge is 0.413 e. The van der Waals surface area contributed by atoms with Gasteiger partial charge in [0.1, 0.15) is 11.3 Å². The highest BCUT2D eigenvalue weighted by atomic mass is 35.5. The number of hydrogen-bond donors (Lipinski definition) is 2. The Morgan fingerprint density at radius 3 is 2.59 bits per heavy atom. The van der Waals surface area contributed by atoms with Gasteiger partial charge in [-0.2, -0.15) is 0 Å². The molecule has 0 aliphatic carbocycles. The van der Waals surface area contributed by atoms with Crippen LogP contribution in [0, 0.1) is 6.92 Å². The predicted molar refractivity (Wildman–Crippen MR) is 118 cm³/mol. The minimum Gasteiger partial charge on any atom is -0.441 e. The van der Waals surface area contributed by atoms with Gasteiger partial charge in [-0.1, -0.05) is 16.8 Å². The second-order valence-corrected chi connectivity index (χ2v) is 9.12. The van der Waals surface area contributed by atoms with Crippen molar-refractivity contribution in [3.05, 3.63) is 40.0 Å². The largest absolute Gasteiger partial charge is 0.441 e. The number of anilines is 2. The molecule has 3 heterocycles. The SMILES string of the molecule is Cc1nc(-c2nnn(C)c2NC(=O)OC(C)c2cnc(Cl)nc2Cl)ccc1NS(C)(=O)=O. The normalized spacial score (nSPS) is 12.3. The topological polar surface area (TPSA) is 154 Å². The molecule has 1 amide bonds. The van der Waals surface area contributed by atoms with Gasteiger partial charge in [0.2, 0.25) is 15.3 Å².